The van der Waals surface area contributed by atoms with Crippen molar-refractivity contribution in [2.75, 3.05) is 0 Å². The van der Waals surface area contributed by atoms with E-state index in [-0.39, 0.29) is 5.78 Å². The fraction of sp³-hybridized carbons (Fsp3) is 0.643. The Morgan fingerprint density at radius 3 is 2.47 bits per heavy atom. The molecule has 1 heterocycles. The number of hydrogen-bond donors (Lipinski definition) is 0. The number of carbonyl (C=O) groups excluding carboxylic acids is 1. The Kier molecular flexibility index (Phi) is 5.26. The van der Waals surface area contributed by atoms with Gasteiger partial charge in [-0.1, -0.05) is 27.7 Å². The van der Waals surface area contributed by atoms with Crippen LogP contribution in [0, 0.1) is 11.8 Å². The molecule has 0 bridgehead atoms. The number of hydrogen-bond acceptors (Lipinski definition) is 3. The summed E-state index contributed by atoms with van der Waals surface area (Å²) in [6.07, 6.45) is 5.85. The molecule has 0 saturated heterocycles. The van der Waals surface area contributed by atoms with E-state index < -0.39 is 0 Å². The van der Waals surface area contributed by atoms with Crippen molar-refractivity contribution in [2.24, 2.45) is 11.8 Å². The molecule has 1 rings (SSSR count). The number of rotatable bonds is 6. The van der Waals surface area contributed by atoms with Crippen molar-refractivity contribution < 1.29 is 4.79 Å². The molecule has 0 aliphatic rings. The van der Waals surface area contributed by atoms with Gasteiger partial charge in [-0.15, -0.1) is 0 Å². The van der Waals surface area contributed by atoms with Crippen molar-refractivity contribution in [1.29, 1.82) is 0 Å². The molecule has 0 radical (unpaired) electrons. The summed E-state index contributed by atoms with van der Waals surface area (Å²) < 4.78 is 0. The smallest absolute Gasteiger partial charge is 0.183 e. The first-order chi connectivity index (χ1) is 7.99. The second-order valence-corrected chi connectivity index (χ2v) is 5.35. The summed E-state index contributed by atoms with van der Waals surface area (Å²) in [6.45, 7) is 8.43. The van der Waals surface area contributed by atoms with Gasteiger partial charge in [0.15, 0.2) is 5.78 Å². The Hall–Kier alpha value is -1.25. The van der Waals surface area contributed by atoms with Gasteiger partial charge in [0.1, 0.15) is 5.69 Å². The fourth-order valence-electron chi connectivity index (χ4n) is 1.57. The highest BCUT2D eigenvalue weighted by molar-refractivity contribution is 5.94. The van der Waals surface area contributed by atoms with Crippen molar-refractivity contribution >= 4 is 5.78 Å². The minimum absolute atomic E-state index is 0.0962. The summed E-state index contributed by atoms with van der Waals surface area (Å²) in [4.78, 5) is 20.3. The molecule has 94 valence electrons. The summed E-state index contributed by atoms with van der Waals surface area (Å²) in [6, 6.07) is 0. The zero-order chi connectivity index (χ0) is 12.8. The number of Topliss-reactive ketones (excluding diaryl/α,β-unsaturated/α-hetero) is 1. The number of carbonyl (C=O) groups is 1. The molecule has 0 atom stereocenters. The Labute approximate surface area is 104 Å². The van der Waals surface area contributed by atoms with Crippen LogP contribution in [0.4, 0.5) is 0 Å². The maximum atomic E-state index is 11.8. The topological polar surface area (TPSA) is 42.9 Å². The van der Waals surface area contributed by atoms with Gasteiger partial charge in [-0.3, -0.25) is 9.78 Å². The average molecular weight is 234 g/mol. The van der Waals surface area contributed by atoms with Crippen LogP contribution < -0.4 is 0 Å². The van der Waals surface area contributed by atoms with Gasteiger partial charge in [0.2, 0.25) is 0 Å². The molecule has 0 spiro atoms. The molecule has 0 amide bonds. The van der Waals surface area contributed by atoms with Crippen molar-refractivity contribution in [3.63, 3.8) is 0 Å². The third-order valence-corrected chi connectivity index (χ3v) is 2.54. The van der Waals surface area contributed by atoms with Crippen LogP contribution in [-0.4, -0.2) is 15.8 Å². The quantitative estimate of drug-likeness (QED) is 0.709. The summed E-state index contributed by atoms with van der Waals surface area (Å²) in [5.74, 6) is 1.11. The van der Waals surface area contributed by atoms with Crippen molar-refractivity contribution in [3.8, 4) is 0 Å². The van der Waals surface area contributed by atoms with Gasteiger partial charge >= 0.3 is 0 Å². The predicted molar refractivity (Wildman–Crippen MR) is 69.0 cm³/mol. The van der Waals surface area contributed by atoms with Crippen LogP contribution in [-0.2, 0) is 6.42 Å². The lowest BCUT2D eigenvalue weighted by molar-refractivity contribution is 0.0962. The molecule has 0 saturated carbocycles. The fourth-order valence-corrected chi connectivity index (χ4v) is 1.57. The largest absolute Gasteiger partial charge is 0.292 e. The molecule has 0 aliphatic heterocycles. The highest BCUT2D eigenvalue weighted by Crippen LogP contribution is 2.09. The van der Waals surface area contributed by atoms with Crippen LogP contribution in [0.5, 0.6) is 0 Å². The van der Waals surface area contributed by atoms with Crippen molar-refractivity contribution in [3.05, 3.63) is 23.8 Å². The summed E-state index contributed by atoms with van der Waals surface area (Å²) >= 11 is 0. The van der Waals surface area contributed by atoms with Crippen LogP contribution in [0.1, 0.15) is 56.7 Å². The lowest BCUT2D eigenvalue weighted by Crippen LogP contribution is -2.08. The number of aryl methyl sites for hydroxylation is 1. The Balaban J connectivity index is 2.68. The van der Waals surface area contributed by atoms with Crippen LogP contribution in [0.3, 0.4) is 0 Å². The minimum Gasteiger partial charge on any atom is -0.292 e. The first kappa shape index (κ1) is 13.8. The van der Waals surface area contributed by atoms with Gasteiger partial charge in [-0.25, -0.2) is 4.98 Å². The van der Waals surface area contributed by atoms with Crippen LogP contribution in [0.2, 0.25) is 0 Å². The van der Waals surface area contributed by atoms with E-state index in [2.05, 4.69) is 23.8 Å². The number of nitrogens with zero attached hydrogens (tertiary/aromatic N) is 2. The lowest BCUT2D eigenvalue weighted by Gasteiger charge is -2.06. The Bertz CT molecular complexity index is 372. The second kappa shape index (κ2) is 6.48. The monoisotopic (exact) mass is 234 g/mol. The zero-order valence-corrected chi connectivity index (χ0v) is 11.2. The van der Waals surface area contributed by atoms with E-state index in [0.29, 0.717) is 24.0 Å². The lowest BCUT2D eigenvalue weighted by atomic mass is 10.0. The van der Waals surface area contributed by atoms with Crippen molar-refractivity contribution in [1.82, 2.24) is 9.97 Å². The molecule has 0 unspecified atom stereocenters. The molecular formula is C14H22N2O. The zero-order valence-electron chi connectivity index (χ0n) is 11.2. The van der Waals surface area contributed by atoms with Gasteiger partial charge in [0, 0.05) is 12.6 Å². The highest BCUT2D eigenvalue weighted by atomic mass is 16.1. The van der Waals surface area contributed by atoms with Gasteiger partial charge in [0.25, 0.3) is 0 Å². The van der Waals surface area contributed by atoms with E-state index in [1.165, 1.54) is 0 Å². The molecule has 1 aromatic heterocycles. The normalized spacial score (nSPS) is 11.2. The third kappa shape index (κ3) is 5.07. The minimum atomic E-state index is 0.0962. The van der Waals surface area contributed by atoms with E-state index in [1.54, 1.807) is 12.4 Å². The van der Waals surface area contributed by atoms with E-state index in [4.69, 9.17) is 0 Å². The second-order valence-electron chi connectivity index (χ2n) is 5.35. The maximum absolute atomic E-state index is 11.8. The van der Waals surface area contributed by atoms with Crippen LogP contribution in [0.15, 0.2) is 12.4 Å². The molecule has 0 fully saturated rings. The van der Waals surface area contributed by atoms with Gasteiger partial charge in [-0.05, 0) is 24.7 Å². The third-order valence-electron chi connectivity index (χ3n) is 2.54. The average Bonchev–Trinajstić information content (AvgIpc) is 2.26. The molecule has 0 N–H and O–H groups in total. The van der Waals surface area contributed by atoms with Crippen LogP contribution in [0.25, 0.3) is 0 Å². The van der Waals surface area contributed by atoms with E-state index in [1.807, 2.05) is 13.8 Å². The predicted octanol–water partition coefficient (Wildman–Crippen LogP) is 3.29. The van der Waals surface area contributed by atoms with Crippen LogP contribution >= 0.6 is 0 Å². The molecule has 3 nitrogen and oxygen atoms in total. The summed E-state index contributed by atoms with van der Waals surface area (Å²) in [5.41, 5.74) is 1.44. The number of aromatic nitrogens is 2. The molecule has 1 aromatic rings. The van der Waals surface area contributed by atoms with E-state index in [9.17, 15) is 4.79 Å². The Morgan fingerprint density at radius 2 is 1.88 bits per heavy atom. The first-order valence-corrected chi connectivity index (χ1v) is 6.33. The van der Waals surface area contributed by atoms with Gasteiger partial charge in [0.05, 0.1) is 11.9 Å². The van der Waals surface area contributed by atoms with Gasteiger partial charge < -0.3 is 0 Å². The summed E-state index contributed by atoms with van der Waals surface area (Å²) in [7, 11) is 0. The molecule has 17 heavy (non-hydrogen) atoms. The van der Waals surface area contributed by atoms with Gasteiger partial charge in [-0.2, -0.15) is 0 Å². The standard InChI is InChI=1S/C14H22N2O/c1-10(2)5-6-12-8-15-9-13(16-12)14(17)7-11(3)4/h8-11H,5-7H2,1-4H3. The van der Waals surface area contributed by atoms with Crippen molar-refractivity contribution in [2.45, 2.75) is 47.0 Å². The maximum Gasteiger partial charge on any atom is 0.183 e. The number of ketones is 1. The Morgan fingerprint density at radius 1 is 1.18 bits per heavy atom. The highest BCUT2D eigenvalue weighted by Gasteiger charge is 2.11. The molecule has 3 heteroatoms. The molecular weight excluding hydrogens is 212 g/mol. The SMILES string of the molecule is CC(C)CCc1cncc(C(=O)CC(C)C)n1. The summed E-state index contributed by atoms with van der Waals surface area (Å²) in [5, 5.41) is 0. The van der Waals surface area contributed by atoms with E-state index >= 15 is 0 Å². The molecule has 0 aromatic carbocycles. The first-order valence-electron chi connectivity index (χ1n) is 6.33. The molecule has 0 aliphatic carbocycles. The van der Waals surface area contributed by atoms with E-state index in [0.717, 1.165) is 18.5 Å².